The van der Waals surface area contributed by atoms with Crippen LogP contribution in [-0.2, 0) is 21.7 Å². The van der Waals surface area contributed by atoms with Crippen LogP contribution in [0.2, 0.25) is 0 Å². The van der Waals surface area contributed by atoms with Gasteiger partial charge in [-0.05, 0) is 45.9 Å². The number of hydrogen-bond donors (Lipinski definition) is 0. The van der Waals surface area contributed by atoms with Gasteiger partial charge in [-0.2, -0.15) is 0 Å². The third-order valence-corrected chi connectivity index (χ3v) is 10.1. The maximum absolute atomic E-state index is 7.16. The second-order valence-electron chi connectivity index (χ2n) is 17.4. The summed E-state index contributed by atoms with van der Waals surface area (Å²) >= 11 is 0. The quantitative estimate of drug-likeness (QED) is 0.178. The average Bonchev–Trinajstić information content (AvgIpc) is 3.60. The Bertz CT molecular complexity index is 2430. The molecule has 0 amide bonds. The van der Waals surface area contributed by atoms with Crippen LogP contribution in [0.25, 0.3) is 87.8 Å². The van der Waals surface area contributed by atoms with Gasteiger partial charge in [-0.3, -0.25) is 0 Å². The van der Waals surface area contributed by atoms with Crippen LogP contribution in [-0.4, -0.2) is 0 Å². The highest BCUT2D eigenvalue weighted by Crippen LogP contribution is 2.57. The largest absolute Gasteiger partial charge is 0.456 e. The molecule has 4 aromatic heterocycles. The van der Waals surface area contributed by atoms with Crippen LogP contribution < -0.4 is 0 Å². The van der Waals surface area contributed by atoms with Crippen molar-refractivity contribution in [2.75, 3.05) is 0 Å². The molecule has 4 heteroatoms. The highest BCUT2D eigenvalue weighted by molar-refractivity contribution is 6.44. The van der Waals surface area contributed by atoms with Gasteiger partial charge >= 0.3 is 0 Å². The molecule has 4 nitrogen and oxygen atoms in total. The lowest BCUT2D eigenvalue weighted by Crippen LogP contribution is -2.11. The molecule has 0 saturated heterocycles. The van der Waals surface area contributed by atoms with E-state index in [1.807, 2.05) is 0 Å². The van der Waals surface area contributed by atoms with Gasteiger partial charge in [-0.1, -0.05) is 83.1 Å². The Labute approximate surface area is 256 Å². The highest BCUT2D eigenvalue weighted by atomic mass is 16.4. The van der Waals surface area contributed by atoms with Gasteiger partial charge in [0.25, 0.3) is 0 Å². The number of furan rings is 4. The molecule has 9 aromatic rings. The molecular formula is C40H40O4. The van der Waals surface area contributed by atoms with Gasteiger partial charge in [0.2, 0.25) is 0 Å². The summed E-state index contributed by atoms with van der Waals surface area (Å²) in [6, 6.07) is 8.91. The molecule has 0 spiro atoms. The lowest BCUT2D eigenvalue weighted by atomic mass is 9.80. The first-order chi connectivity index (χ1) is 20.4. The topological polar surface area (TPSA) is 52.6 Å². The summed E-state index contributed by atoms with van der Waals surface area (Å²) in [7, 11) is 0. The van der Waals surface area contributed by atoms with Crippen molar-refractivity contribution in [1.82, 2.24) is 0 Å². The van der Waals surface area contributed by atoms with Gasteiger partial charge in [0, 0.05) is 65.3 Å². The van der Waals surface area contributed by atoms with E-state index in [4.69, 9.17) is 17.7 Å². The SMILES string of the molecule is CC(C)(C)c1cc2oc3cc(C(C)(C)C)c4oc5cc(C(C)(C)C)c6oc7c(C(C)(C)C)cc8oc1c1c2c3c4c5c6c7c81. The third-order valence-electron chi connectivity index (χ3n) is 10.1. The molecule has 0 aliphatic rings. The molecule has 9 rings (SSSR count). The fraction of sp³-hybridized carbons (Fsp3) is 0.400. The van der Waals surface area contributed by atoms with Gasteiger partial charge < -0.3 is 17.7 Å². The molecule has 4 heterocycles. The summed E-state index contributed by atoms with van der Waals surface area (Å²) in [6.07, 6.45) is 0. The van der Waals surface area contributed by atoms with Crippen LogP contribution in [0.3, 0.4) is 0 Å². The Balaban J connectivity index is 1.75. The number of rotatable bonds is 0. The third kappa shape index (κ3) is 3.00. The molecule has 0 aliphatic carbocycles. The zero-order chi connectivity index (χ0) is 31.2. The Morgan fingerprint density at radius 3 is 0.818 bits per heavy atom. The van der Waals surface area contributed by atoms with Gasteiger partial charge in [0.1, 0.15) is 44.7 Å². The van der Waals surface area contributed by atoms with E-state index in [0.717, 1.165) is 110 Å². The summed E-state index contributed by atoms with van der Waals surface area (Å²) in [5.41, 5.74) is 11.3. The van der Waals surface area contributed by atoms with Crippen molar-refractivity contribution in [3.63, 3.8) is 0 Å². The molecule has 0 fully saturated rings. The minimum absolute atomic E-state index is 0.160. The first-order valence-corrected chi connectivity index (χ1v) is 15.9. The monoisotopic (exact) mass is 584 g/mol. The molecule has 0 bridgehead atoms. The van der Waals surface area contributed by atoms with Crippen LogP contribution in [0.4, 0.5) is 0 Å². The summed E-state index contributed by atoms with van der Waals surface area (Å²) in [5.74, 6) is 0. The molecule has 224 valence electrons. The lowest BCUT2D eigenvalue weighted by Gasteiger charge is -2.20. The normalized spacial score (nSPS) is 14.8. The average molecular weight is 585 g/mol. The first-order valence-electron chi connectivity index (χ1n) is 15.9. The summed E-state index contributed by atoms with van der Waals surface area (Å²) in [6.45, 7) is 27.1. The van der Waals surface area contributed by atoms with Crippen LogP contribution >= 0.6 is 0 Å². The van der Waals surface area contributed by atoms with Gasteiger partial charge in [-0.15, -0.1) is 0 Å². The zero-order valence-electron chi connectivity index (χ0n) is 27.9. The molecule has 0 aliphatic heterocycles. The molecule has 0 atom stereocenters. The predicted molar refractivity (Wildman–Crippen MR) is 184 cm³/mol. The summed E-state index contributed by atoms with van der Waals surface area (Å²) in [5, 5.41) is 8.97. The zero-order valence-corrected chi connectivity index (χ0v) is 27.9. The maximum atomic E-state index is 7.16. The van der Waals surface area contributed by atoms with Crippen molar-refractivity contribution in [3.05, 3.63) is 46.5 Å². The van der Waals surface area contributed by atoms with E-state index in [-0.39, 0.29) is 21.7 Å². The predicted octanol–water partition coefficient (Wildman–Crippen LogP) is 12.8. The standard InChI is InChI=1S/C40H40O4/c1-37(2,3)17-13-21-25-26-22(41-21)14-18(38(4,5)6)34-30(26)28-24(43-34)16-20(40(10,11)12)36-32(28)31-27-23(42-33(17)29(25)27)15-19(35(31)44-36)39(7,8)9/h13-16H,1-12H3. The van der Waals surface area contributed by atoms with Crippen LogP contribution in [0, 0.1) is 0 Å². The summed E-state index contributed by atoms with van der Waals surface area (Å²) < 4.78 is 28.1. The molecule has 5 aromatic carbocycles. The Hall–Kier alpha value is -3.92. The Morgan fingerprint density at radius 2 is 0.523 bits per heavy atom. The maximum Gasteiger partial charge on any atom is 0.140 e. The van der Waals surface area contributed by atoms with E-state index in [9.17, 15) is 0 Å². The van der Waals surface area contributed by atoms with Crippen molar-refractivity contribution in [2.45, 2.75) is 105 Å². The molecule has 44 heavy (non-hydrogen) atoms. The summed E-state index contributed by atoms with van der Waals surface area (Å²) in [4.78, 5) is 0. The Morgan fingerprint density at radius 1 is 0.295 bits per heavy atom. The van der Waals surface area contributed by atoms with E-state index in [1.54, 1.807) is 0 Å². The Kier molecular flexibility index (Phi) is 4.40. The first kappa shape index (κ1) is 26.5. The number of hydrogen-bond acceptors (Lipinski definition) is 4. The van der Waals surface area contributed by atoms with Gasteiger partial charge in [0.15, 0.2) is 0 Å². The van der Waals surface area contributed by atoms with Crippen molar-refractivity contribution in [2.24, 2.45) is 0 Å². The van der Waals surface area contributed by atoms with Crippen molar-refractivity contribution < 1.29 is 17.7 Å². The van der Waals surface area contributed by atoms with Crippen molar-refractivity contribution in [3.8, 4) is 0 Å². The van der Waals surface area contributed by atoms with Crippen LogP contribution in [0.15, 0.2) is 41.9 Å². The van der Waals surface area contributed by atoms with E-state index in [0.29, 0.717) is 0 Å². The lowest BCUT2D eigenvalue weighted by molar-refractivity contribution is 0.552. The molecule has 0 saturated carbocycles. The van der Waals surface area contributed by atoms with Gasteiger partial charge in [-0.25, -0.2) is 0 Å². The van der Waals surface area contributed by atoms with E-state index in [2.05, 4.69) is 107 Å². The van der Waals surface area contributed by atoms with Crippen molar-refractivity contribution >= 4 is 87.8 Å². The molecular weight excluding hydrogens is 544 g/mol. The van der Waals surface area contributed by atoms with Crippen molar-refractivity contribution in [1.29, 1.82) is 0 Å². The fourth-order valence-electron chi connectivity index (χ4n) is 7.92. The minimum atomic E-state index is -0.168. The molecule has 0 radical (unpaired) electrons. The van der Waals surface area contributed by atoms with E-state index in [1.165, 1.54) is 0 Å². The van der Waals surface area contributed by atoms with Crippen LogP contribution in [0.5, 0.6) is 0 Å². The second kappa shape index (κ2) is 7.30. The fourth-order valence-corrected chi connectivity index (χ4v) is 7.92. The molecule has 0 N–H and O–H groups in total. The molecule has 0 unspecified atom stereocenters. The number of benzene rings is 4. The van der Waals surface area contributed by atoms with Crippen LogP contribution in [0.1, 0.15) is 105 Å². The smallest absolute Gasteiger partial charge is 0.140 e. The van der Waals surface area contributed by atoms with E-state index < -0.39 is 0 Å². The minimum Gasteiger partial charge on any atom is -0.456 e. The highest BCUT2D eigenvalue weighted by Gasteiger charge is 2.36. The van der Waals surface area contributed by atoms with E-state index >= 15 is 0 Å². The van der Waals surface area contributed by atoms with Gasteiger partial charge in [0.05, 0.1) is 0 Å². The second-order valence-corrected chi connectivity index (χ2v) is 17.4.